The topological polar surface area (TPSA) is 71.5 Å². The van der Waals surface area contributed by atoms with Crippen LogP contribution >= 0.6 is 0 Å². The predicted molar refractivity (Wildman–Crippen MR) is 76.2 cm³/mol. The summed E-state index contributed by atoms with van der Waals surface area (Å²) in [7, 11) is 0. The molecular weight excluding hydrogens is 247 g/mol. The Hall–Kier alpha value is -2.22. The van der Waals surface area contributed by atoms with Crippen molar-refractivity contribution in [3.63, 3.8) is 0 Å². The van der Waals surface area contributed by atoms with Gasteiger partial charge in [0.25, 0.3) is 0 Å². The Bertz CT molecular complexity index is 698. The van der Waals surface area contributed by atoms with Gasteiger partial charge < -0.3 is 0 Å². The van der Waals surface area contributed by atoms with Crippen LogP contribution in [0, 0.1) is 0 Å². The van der Waals surface area contributed by atoms with Crippen molar-refractivity contribution in [3.8, 4) is 22.5 Å². The van der Waals surface area contributed by atoms with Crippen LogP contribution < -0.4 is 0 Å². The summed E-state index contributed by atoms with van der Waals surface area (Å²) in [5.74, 6) is 0.544. The summed E-state index contributed by atoms with van der Waals surface area (Å²) in [5, 5.41) is 13.8. The van der Waals surface area contributed by atoms with Gasteiger partial charge in [0.15, 0.2) is 5.82 Å². The summed E-state index contributed by atoms with van der Waals surface area (Å²) < 4.78 is 0. The van der Waals surface area contributed by atoms with Crippen LogP contribution in [0.25, 0.3) is 22.5 Å². The maximum absolute atomic E-state index is 10.9. The van der Waals surface area contributed by atoms with Crippen molar-refractivity contribution in [3.05, 3.63) is 54.1 Å². The number of hydrogen-bond donors (Lipinski definition) is 1. The van der Waals surface area contributed by atoms with Gasteiger partial charge in [-0.1, -0.05) is 42.5 Å². The van der Waals surface area contributed by atoms with Crippen LogP contribution in [-0.4, -0.2) is 45.8 Å². The first-order chi connectivity index (χ1) is 9.38. The number of hydrogen-bond acceptors (Lipinski definition) is 4. The number of nitrogens with one attached hydrogen (secondary N) is 1. The normalized spacial score (nSPS) is 9.80. The zero-order valence-corrected chi connectivity index (χ0v) is 10.9. The van der Waals surface area contributed by atoms with E-state index < -0.39 is 0 Å². The third-order valence-electron chi connectivity index (χ3n) is 2.86. The molecule has 2 aromatic carbocycles. The molecule has 0 spiro atoms. The van der Waals surface area contributed by atoms with E-state index in [1.54, 1.807) is 12.1 Å². The first-order valence-corrected chi connectivity index (χ1v) is 5.77. The smallest absolute Gasteiger partial charge is 0.180 e. The van der Waals surface area contributed by atoms with Crippen molar-refractivity contribution in [2.75, 3.05) is 0 Å². The van der Waals surface area contributed by atoms with Crippen molar-refractivity contribution in [2.45, 2.75) is 0 Å². The molecule has 3 rings (SSSR count). The summed E-state index contributed by atoms with van der Waals surface area (Å²) in [6.45, 7) is 0. The van der Waals surface area contributed by atoms with Crippen molar-refractivity contribution >= 4 is 25.1 Å². The fourth-order valence-electron chi connectivity index (χ4n) is 1.97. The molecule has 5 nitrogen and oxygen atoms in total. The molecule has 0 aliphatic carbocycles. The van der Waals surface area contributed by atoms with E-state index >= 15 is 0 Å². The Labute approximate surface area is 127 Å². The number of tetrazole rings is 1. The van der Waals surface area contributed by atoms with Gasteiger partial charge in [-0.15, -0.1) is 5.10 Å². The maximum Gasteiger partial charge on any atom is 0.180 e. The first kappa shape index (κ1) is 14.2. The standard InChI is InChI=1S/C14H10N4O.Li/c19-9-10-6-7-12(11-4-2-1-3-5-11)13(8-10)14-15-17-18-16-14;/h1-9H,(H,15,16,17,18);. The fourth-order valence-corrected chi connectivity index (χ4v) is 1.97. The zero-order valence-electron chi connectivity index (χ0n) is 10.9. The fraction of sp³-hybridized carbons (Fsp3) is 0. The molecule has 1 heterocycles. The summed E-state index contributed by atoms with van der Waals surface area (Å²) in [6.07, 6.45) is 0.808. The number of benzene rings is 2. The third kappa shape index (κ3) is 2.69. The minimum absolute atomic E-state index is 0. The van der Waals surface area contributed by atoms with Gasteiger partial charge in [-0.05, 0) is 27.6 Å². The van der Waals surface area contributed by atoms with Gasteiger partial charge in [-0.2, -0.15) is 0 Å². The SMILES string of the molecule is O=Cc1ccc(-c2ccccc2)c(-c2nnn[nH]2)c1.[Li]. The van der Waals surface area contributed by atoms with Crippen LogP contribution in [-0.2, 0) is 0 Å². The second kappa shape index (κ2) is 6.29. The number of aromatic nitrogens is 4. The van der Waals surface area contributed by atoms with E-state index in [0.717, 1.165) is 23.0 Å². The number of aldehydes is 1. The molecule has 6 heteroatoms. The van der Waals surface area contributed by atoms with Gasteiger partial charge >= 0.3 is 0 Å². The van der Waals surface area contributed by atoms with Gasteiger partial charge in [-0.3, -0.25) is 4.79 Å². The average Bonchev–Trinajstić information content (AvgIpc) is 3.01. The van der Waals surface area contributed by atoms with Crippen molar-refractivity contribution in [1.82, 2.24) is 20.6 Å². The van der Waals surface area contributed by atoms with Gasteiger partial charge in [0.2, 0.25) is 0 Å². The molecule has 0 saturated heterocycles. The zero-order chi connectivity index (χ0) is 13.1. The molecule has 3 aromatic rings. The van der Waals surface area contributed by atoms with E-state index in [2.05, 4.69) is 20.6 Å². The number of carbonyl (C=O) groups is 1. The molecule has 93 valence electrons. The number of rotatable bonds is 3. The van der Waals surface area contributed by atoms with E-state index in [4.69, 9.17) is 0 Å². The Morgan fingerprint density at radius 2 is 1.80 bits per heavy atom. The number of aromatic amines is 1. The van der Waals surface area contributed by atoms with E-state index in [-0.39, 0.29) is 18.9 Å². The molecule has 0 fully saturated rings. The summed E-state index contributed by atoms with van der Waals surface area (Å²) in [5.41, 5.74) is 3.42. The molecule has 0 saturated carbocycles. The van der Waals surface area contributed by atoms with Crippen LogP contribution in [0.2, 0.25) is 0 Å². The Morgan fingerprint density at radius 1 is 1.00 bits per heavy atom. The van der Waals surface area contributed by atoms with Crippen molar-refractivity contribution < 1.29 is 4.79 Å². The molecule has 0 bridgehead atoms. The van der Waals surface area contributed by atoms with Crippen LogP contribution in [0.5, 0.6) is 0 Å². The summed E-state index contributed by atoms with van der Waals surface area (Å²) in [4.78, 5) is 10.9. The average molecular weight is 257 g/mol. The quantitative estimate of drug-likeness (QED) is 0.575. The van der Waals surface area contributed by atoms with E-state index in [1.807, 2.05) is 36.4 Å². The molecule has 0 atom stereocenters. The second-order valence-electron chi connectivity index (χ2n) is 4.04. The number of carbonyl (C=O) groups excluding carboxylic acids is 1. The third-order valence-corrected chi connectivity index (χ3v) is 2.86. The van der Waals surface area contributed by atoms with E-state index in [0.29, 0.717) is 11.4 Å². The molecule has 1 radical (unpaired) electrons. The Balaban J connectivity index is 0.00000147. The maximum atomic E-state index is 10.9. The predicted octanol–water partition coefficient (Wildman–Crippen LogP) is 1.97. The summed E-state index contributed by atoms with van der Waals surface area (Å²) >= 11 is 0. The largest absolute Gasteiger partial charge is 0.298 e. The van der Waals surface area contributed by atoms with Gasteiger partial charge in [-0.25, -0.2) is 5.10 Å². The number of H-pyrrole nitrogens is 1. The Kier molecular flexibility index (Phi) is 4.46. The molecule has 20 heavy (non-hydrogen) atoms. The molecular formula is C14H10LiN4O. The number of nitrogens with zero attached hydrogens (tertiary/aromatic N) is 3. The molecule has 1 aromatic heterocycles. The van der Waals surface area contributed by atoms with Crippen molar-refractivity contribution in [1.29, 1.82) is 0 Å². The monoisotopic (exact) mass is 257 g/mol. The van der Waals surface area contributed by atoms with Crippen LogP contribution in [0.4, 0.5) is 0 Å². The van der Waals surface area contributed by atoms with Gasteiger partial charge in [0.05, 0.1) is 0 Å². The first-order valence-electron chi connectivity index (χ1n) is 5.77. The molecule has 0 aliphatic rings. The molecule has 0 amide bonds. The van der Waals surface area contributed by atoms with E-state index in [9.17, 15) is 4.79 Å². The summed E-state index contributed by atoms with van der Waals surface area (Å²) in [6, 6.07) is 15.3. The van der Waals surface area contributed by atoms with E-state index in [1.165, 1.54) is 0 Å². The molecule has 1 N–H and O–H groups in total. The van der Waals surface area contributed by atoms with Crippen LogP contribution in [0.3, 0.4) is 0 Å². The van der Waals surface area contributed by atoms with Crippen molar-refractivity contribution in [2.24, 2.45) is 0 Å². The molecule has 0 unspecified atom stereocenters. The van der Waals surface area contributed by atoms with Gasteiger partial charge in [0.1, 0.15) is 6.29 Å². The second-order valence-corrected chi connectivity index (χ2v) is 4.04. The van der Waals surface area contributed by atoms with Gasteiger partial charge in [0, 0.05) is 30.0 Å². The molecule has 0 aliphatic heterocycles. The van der Waals surface area contributed by atoms with Crippen LogP contribution in [0.15, 0.2) is 48.5 Å². The Morgan fingerprint density at radius 3 is 2.45 bits per heavy atom. The minimum atomic E-state index is 0. The van der Waals surface area contributed by atoms with Crippen LogP contribution in [0.1, 0.15) is 10.4 Å². The minimum Gasteiger partial charge on any atom is -0.298 e.